The van der Waals surface area contributed by atoms with E-state index in [9.17, 15) is 4.79 Å². The van der Waals surface area contributed by atoms with Crippen LogP contribution in [0.15, 0.2) is 30.3 Å². The van der Waals surface area contributed by atoms with Crippen LogP contribution in [-0.2, 0) is 4.79 Å². The van der Waals surface area contributed by atoms with Crippen molar-refractivity contribution >= 4 is 5.91 Å². The Kier molecular flexibility index (Phi) is 5.04. The minimum atomic E-state index is -0.0467. The number of amides is 1. The highest BCUT2D eigenvalue weighted by Crippen LogP contribution is 2.32. The summed E-state index contributed by atoms with van der Waals surface area (Å²) < 4.78 is 0. The van der Waals surface area contributed by atoms with Crippen molar-refractivity contribution in [3.05, 3.63) is 35.9 Å². The fraction of sp³-hybridized carbons (Fsp3) is 0.611. The van der Waals surface area contributed by atoms with Crippen molar-refractivity contribution in [2.45, 2.75) is 58.5 Å². The summed E-state index contributed by atoms with van der Waals surface area (Å²) in [4.78, 5) is 14.6. The van der Waals surface area contributed by atoms with Crippen LogP contribution in [0.3, 0.4) is 0 Å². The molecule has 0 aliphatic carbocycles. The summed E-state index contributed by atoms with van der Waals surface area (Å²) in [6, 6.07) is 10.5. The van der Waals surface area contributed by atoms with Gasteiger partial charge in [0.05, 0.1) is 6.04 Å². The third-order valence-electron chi connectivity index (χ3n) is 4.07. The van der Waals surface area contributed by atoms with Gasteiger partial charge in [-0.15, -0.1) is 0 Å². The molecule has 2 unspecified atom stereocenters. The van der Waals surface area contributed by atoms with Crippen LogP contribution in [0.5, 0.6) is 0 Å². The summed E-state index contributed by atoms with van der Waals surface area (Å²) in [7, 11) is 0. The van der Waals surface area contributed by atoms with E-state index in [4.69, 9.17) is 5.73 Å². The summed E-state index contributed by atoms with van der Waals surface area (Å²) in [5.74, 6) is 0.207. The Bertz CT molecular complexity index is 464. The van der Waals surface area contributed by atoms with Gasteiger partial charge >= 0.3 is 0 Å². The first-order valence-corrected chi connectivity index (χ1v) is 7.97. The first-order chi connectivity index (χ1) is 9.87. The molecule has 0 saturated carbocycles. The molecule has 0 spiro atoms. The summed E-state index contributed by atoms with van der Waals surface area (Å²) in [6.45, 7) is 7.36. The van der Waals surface area contributed by atoms with Gasteiger partial charge in [-0.05, 0) is 30.2 Å². The Hall–Kier alpha value is -1.35. The smallest absolute Gasteiger partial charge is 0.224 e. The summed E-state index contributed by atoms with van der Waals surface area (Å²) in [5, 5.41) is 0. The molecule has 1 aliphatic rings. The van der Waals surface area contributed by atoms with E-state index < -0.39 is 0 Å². The van der Waals surface area contributed by atoms with Crippen LogP contribution >= 0.6 is 0 Å². The predicted octanol–water partition coefficient (Wildman–Crippen LogP) is 3.50. The standard InChI is InChI=1S/C18H28N2O/c1-18(2,3)13-15(19)12-17(21)20-11-7-10-16(20)14-8-5-4-6-9-14/h4-6,8-9,15-16H,7,10-13,19H2,1-3H3. The zero-order valence-electron chi connectivity index (χ0n) is 13.5. The molecule has 1 aromatic rings. The minimum absolute atomic E-state index is 0.0467. The highest BCUT2D eigenvalue weighted by atomic mass is 16.2. The fourth-order valence-corrected chi connectivity index (χ4v) is 3.29. The average molecular weight is 288 g/mol. The lowest BCUT2D eigenvalue weighted by Crippen LogP contribution is -2.37. The Labute approximate surface area is 128 Å². The van der Waals surface area contributed by atoms with Gasteiger partial charge in [0, 0.05) is 19.0 Å². The monoisotopic (exact) mass is 288 g/mol. The number of nitrogens with zero attached hydrogens (tertiary/aromatic N) is 1. The number of carbonyl (C=O) groups is 1. The van der Waals surface area contributed by atoms with Gasteiger partial charge in [-0.2, -0.15) is 0 Å². The van der Waals surface area contributed by atoms with Gasteiger partial charge in [0.25, 0.3) is 0 Å². The Morgan fingerprint density at radius 2 is 2.00 bits per heavy atom. The quantitative estimate of drug-likeness (QED) is 0.921. The fourth-order valence-electron chi connectivity index (χ4n) is 3.29. The van der Waals surface area contributed by atoms with Crippen LogP contribution in [0.25, 0.3) is 0 Å². The lowest BCUT2D eigenvalue weighted by atomic mass is 9.87. The molecule has 21 heavy (non-hydrogen) atoms. The van der Waals surface area contributed by atoms with Crippen LogP contribution in [0.2, 0.25) is 0 Å². The molecular weight excluding hydrogens is 260 g/mol. The number of rotatable bonds is 4. The molecule has 1 fully saturated rings. The second-order valence-electron chi connectivity index (χ2n) is 7.38. The van der Waals surface area contributed by atoms with E-state index in [1.165, 1.54) is 5.56 Å². The molecule has 0 bridgehead atoms. The van der Waals surface area contributed by atoms with E-state index in [0.29, 0.717) is 6.42 Å². The number of hydrogen-bond acceptors (Lipinski definition) is 2. The third kappa shape index (κ3) is 4.57. The van der Waals surface area contributed by atoms with Crippen molar-refractivity contribution in [1.82, 2.24) is 4.90 Å². The lowest BCUT2D eigenvalue weighted by molar-refractivity contribution is -0.132. The Morgan fingerprint density at radius 3 is 2.62 bits per heavy atom. The molecule has 2 N–H and O–H groups in total. The van der Waals surface area contributed by atoms with Gasteiger partial charge in [-0.25, -0.2) is 0 Å². The van der Waals surface area contributed by atoms with E-state index in [2.05, 4.69) is 32.9 Å². The van der Waals surface area contributed by atoms with Crippen molar-refractivity contribution < 1.29 is 4.79 Å². The van der Waals surface area contributed by atoms with Gasteiger partial charge in [-0.3, -0.25) is 4.79 Å². The number of hydrogen-bond donors (Lipinski definition) is 1. The van der Waals surface area contributed by atoms with Gasteiger partial charge in [0.1, 0.15) is 0 Å². The maximum atomic E-state index is 12.6. The van der Waals surface area contributed by atoms with Crippen LogP contribution in [0.1, 0.15) is 58.1 Å². The van der Waals surface area contributed by atoms with Crippen molar-refractivity contribution in [3.8, 4) is 0 Å². The van der Waals surface area contributed by atoms with Crippen molar-refractivity contribution in [2.75, 3.05) is 6.54 Å². The van der Waals surface area contributed by atoms with Gasteiger partial charge in [0.15, 0.2) is 0 Å². The number of carbonyl (C=O) groups excluding carboxylic acids is 1. The largest absolute Gasteiger partial charge is 0.336 e. The molecule has 3 nitrogen and oxygen atoms in total. The molecular formula is C18H28N2O. The molecule has 2 rings (SSSR count). The molecule has 1 amide bonds. The highest BCUT2D eigenvalue weighted by molar-refractivity contribution is 5.77. The maximum absolute atomic E-state index is 12.6. The van der Waals surface area contributed by atoms with Crippen LogP contribution in [0.4, 0.5) is 0 Å². The summed E-state index contributed by atoms with van der Waals surface area (Å²) in [6.07, 6.45) is 3.48. The zero-order chi connectivity index (χ0) is 15.5. The second-order valence-corrected chi connectivity index (χ2v) is 7.38. The lowest BCUT2D eigenvalue weighted by Gasteiger charge is -2.28. The van der Waals surface area contributed by atoms with Crippen molar-refractivity contribution in [3.63, 3.8) is 0 Å². The predicted molar refractivity (Wildman–Crippen MR) is 86.8 cm³/mol. The van der Waals surface area contributed by atoms with E-state index in [0.717, 1.165) is 25.8 Å². The molecule has 0 aromatic heterocycles. The van der Waals surface area contributed by atoms with E-state index in [1.807, 2.05) is 23.1 Å². The van der Waals surface area contributed by atoms with Crippen molar-refractivity contribution in [2.24, 2.45) is 11.1 Å². The second kappa shape index (κ2) is 6.61. The highest BCUT2D eigenvalue weighted by Gasteiger charge is 2.30. The van der Waals surface area contributed by atoms with E-state index >= 15 is 0 Å². The third-order valence-corrected chi connectivity index (χ3v) is 4.07. The van der Waals surface area contributed by atoms with Crippen LogP contribution < -0.4 is 5.73 Å². The molecule has 1 aliphatic heterocycles. The average Bonchev–Trinajstić information content (AvgIpc) is 2.86. The molecule has 1 heterocycles. The van der Waals surface area contributed by atoms with Gasteiger partial charge < -0.3 is 10.6 Å². The topological polar surface area (TPSA) is 46.3 Å². The van der Waals surface area contributed by atoms with Crippen LogP contribution in [-0.4, -0.2) is 23.4 Å². The first-order valence-electron chi connectivity index (χ1n) is 7.97. The Balaban J connectivity index is 1.98. The first kappa shape index (κ1) is 16.0. The number of benzene rings is 1. The normalized spacial score (nSPS) is 20.6. The molecule has 0 radical (unpaired) electrons. The number of likely N-dealkylation sites (tertiary alicyclic amines) is 1. The van der Waals surface area contributed by atoms with Crippen molar-refractivity contribution in [1.29, 1.82) is 0 Å². The zero-order valence-corrected chi connectivity index (χ0v) is 13.5. The maximum Gasteiger partial charge on any atom is 0.224 e. The number of nitrogens with two attached hydrogens (primary N) is 1. The molecule has 1 saturated heterocycles. The molecule has 3 heteroatoms. The van der Waals surface area contributed by atoms with E-state index in [1.54, 1.807) is 0 Å². The molecule has 1 aromatic carbocycles. The molecule has 2 atom stereocenters. The molecule has 116 valence electrons. The minimum Gasteiger partial charge on any atom is -0.336 e. The Morgan fingerprint density at radius 1 is 1.33 bits per heavy atom. The van der Waals surface area contributed by atoms with Gasteiger partial charge in [0.2, 0.25) is 5.91 Å². The van der Waals surface area contributed by atoms with Gasteiger partial charge in [-0.1, -0.05) is 51.1 Å². The van der Waals surface area contributed by atoms with Crippen LogP contribution in [0, 0.1) is 5.41 Å². The SMILES string of the molecule is CC(C)(C)CC(N)CC(=O)N1CCCC1c1ccccc1. The van der Waals surface area contributed by atoms with E-state index in [-0.39, 0.29) is 23.4 Å². The summed E-state index contributed by atoms with van der Waals surface area (Å²) in [5.41, 5.74) is 7.58. The summed E-state index contributed by atoms with van der Waals surface area (Å²) >= 11 is 0.